The fourth-order valence-electron chi connectivity index (χ4n) is 3.60. The van der Waals surface area contributed by atoms with E-state index in [0.29, 0.717) is 31.7 Å². The minimum atomic E-state index is 0.0241. The van der Waals surface area contributed by atoms with Crippen molar-refractivity contribution in [2.75, 3.05) is 39.5 Å². The van der Waals surface area contributed by atoms with Crippen molar-refractivity contribution >= 4 is 10.9 Å². The average Bonchev–Trinajstić information content (AvgIpc) is 3.44. The molecule has 0 aromatic carbocycles. The third kappa shape index (κ3) is 3.58. The summed E-state index contributed by atoms with van der Waals surface area (Å²) in [6, 6.07) is 6.15. The van der Waals surface area contributed by atoms with E-state index >= 15 is 0 Å². The van der Waals surface area contributed by atoms with Gasteiger partial charge >= 0.3 is 0 Å². The average molecular weight is 381 g/mol. The van der Waals surface area contributed by atoms with Crippen LogP contribution >= 0.6 is 0 Å². The van der Waals surface area contributed by atoms with E-state index in [2.05, 4.69) is 15.4 Å². The molecule has 3 aromatic rings. The number of ether oxygens (including phenoxy) is 3. The smallest absolute Gasteiger partial charge is 0.223 e. The molecule has 8 heteroatoms. The van der Waals surface area contributed by atoms with Crippen molar-refractivity contribution in [3.8, 4) is 17.1 Å². The third-order valence-corrected chi connectivity index (χ3v) is 5.15. The molecule has 0 saturated carbocycles. The number of nitrogens with zero attached hydrogens (tertiary/aromatic N) is 4. The van der Waals surface area contributed by atoms with E-state index in [9.17, 15) is 0 Å². The topological polar surface area (TPSA) is 83.3 Å². The van der Waals surface area contributed by atoms with Gasteiger partial charge in [-0.3, -0.25) is 9.67 Å². The molecular formula is C20H23N5O3. The van der Waals surface area contributed by atoms with Gasteiger partial charge in [0.2, 0.25) is 5.88 Å². The van der Waals surface area contributed by atoms with Crippen molar-refractivity contribution in [2.45, 2.75) is 18.6 Å². The summed E-state index contributed by atoms with van der Waals surface area (Å²) in [5, 5.41) is 8.72. The van der Waals surface area contributed by atoms with Gasteiger partial charge in [0.15, 0.2) is 0 Å². The molecule has 8 nitrogen and oxygen atoms in total. The Morgan fingerprint density at radius 2 is 2.32 bits per heavy atom. The summed E-state index contributed by atoms with van der Waals surface area (Å²) in [5.74, 6) is 0.576. The lowest BCUT2D eigenvalue weighted by molar-refractivity contribution is -0.000365. The molecule has 0 bridgehead atoms. The van der Waals surface area contributed by atoms with Crippen molar-refractivity contribution in [3.05, 3.63) is 36.8 Å². The van der Waals surface area contributed by atoms with Gasteiger partial charge in [0.25, 0.3) is 0 Å². The van der Waals surface area contributed by atoms with Crippen LogP contribution in [0.25, 0.3) is 22.2 Å². The lowest BCUT2D eigenvalue weighted by Gasteiger charge is -2.23. The van der Waals surface area contributed by atoms with Crippen molar-refractivity contribution in [1.82, 2.24) is 25.1 Å². The van der Waals surface area contributed by atoms with E-state index in [4.69, 9.17) is 19.2 Å². The molecule has 2 saturated heterocycles. The number of fused-ring (bicyclic) bond motifs is 1. The van der Waals surface area contributed by atoms with Crippen molar-refractivity contribution in [3.63, 3.8) is 0 Å². The van der Waals surface area contributed by atoms with E-state index in [1.54, 1.807) is 6.20 Å². The summed E-state index contributed by atoms with van der Waals surface area (Å²) in [6.07, 6.45) is 6.65. The first-order valence-electron chi connectivity index (χ1n) is 9.70. The molecule has 2 aliphatic rings. The van der Waals surface area contributed by atoms with Crippen LogP contribution in [0.2, 0.25) is 0 Å². The van der Waals surface area contributed by atoms with Gasteiger partial charge < -0.3 is 19.5 Å². The number of morpholine rings is 1. The Morgan fingerprint density at radius 1 is 1.32 bits per heavy atom. The molecule has 5 heterocycles. The van der Waals surface area contributed by atoms with E-state index in [1.165, 1.54) is 0 Å². The summed E-state index contributed by atoms with van der Waals surface area (Å²) in [6.45, 7) is 4.31. The van der Waals surface area contributed by atoms with Crippen LogP contribution in [0.4, 0.5) is 0 Å². The molecule has 146 valence electrons. The first kappa shape index (κ1) is 17.5. The highest BCUT2D eigenvalue weighted by Gasteiger charge is 2.20. The zero-order chi connectivity index (χ0) is 18.8. The van der Waals surface area contributed by atoms with Crippen molar-refractivity contribution in [2.24, 2.45) is 0 Å². The number of rotatable bonds is 5. The van der Waals surface area contributed by atoms with Gasteiger partial charge in [0.1, 0.15) is 12.7 Å². The summed E-state index contributed by atoms with van der Waals surface area (Å²) in [5.41, 5.74) is 2.59. The maximum atomic E-state index is 6.06. The standard InChI is InChI=1S/C20H23N5O3/c1-2-17-19(22-4-1)8-18(14-9-23-25(11-14)15-3-6-26-12-15)24-20(17)28-13-16-10-21-5-7-27-16/h1-2,4,8-9,11,15-16,21H,3,5-7,10,12-13H2/t15-,16+/m1/s1. The largest absolute Gasteiger partial charge is 0.474 e. The summed E-state index contributed by atoms with van der Waals surface area (Å²) in [4.78, 5) is 9.27. The minimum Gasteiger partial charge on any atom is -0.474 e. The molecule has 28 heavy (non-hydrogen) atoms. The van der Waals surface area contributed by atoms with Crippen molar-refractivity contribution in [1.29, 1.82) is 0 Å². The Hall–Kier alpha value is -2.55. The predicted octanol–water partition coefficient (Wildman–Crippen LogP) is 1.82. The SMILES string of the molecule is c1cnc2cc(-c3cnn([C@@H]4CCOC4)c3)nc(OC[C@@H]3CNCCO3)c2c1. The molecule has 3 aromatic heterocycles. The highest BCUT2D eigenvalue weighted by molar-refractivity contribution is 5.86. The van der Waals surface area contributed by atoms with Gasteiger partial charge in [0.05, 0.1) is 42.0 Å². The van der Waals surface area contributed by atoms with Crippen LogP contribution in [0.1, 0.15) is 12.5 Å². The molecule has 0 aliphatic carbocycles. The summed E-state index contributed by atoms with van der Waals surface area (Å²) in [7, 11) is 0. The molecule has 0 amide bonds. The van der Waals surface area contributed by atoms with Gasteiger partial charge in [-0.25, -0.2) is 4.98 Å². The van der Waals surface area contributed by atoms with Crippen LogP contribution < -0.4 is 10.1 Å². The number of pyridine rings is 2. The second-order valence-electron chi connectivity index (χ2n) is 7.12. The monoisotopic (exact) mass is 381 g/mol. The van der Waals surface area contributed by atoms with E-state index in [0.717, 1.165) is 48.3 Å². The highest BCUT2D eigenvalue weighted by Crippen LogP contribution is 2.29. The maximum Gasteiger partial charge on any atom is 0.223 e. The van der Waals surface area contributed by atoms with Gasteiger partial charge in [-0.15, -0.1) is 0 Å². The Bertz CT molecular complexity index is 948. The number of hydrogen-bond donors (Lipinski definition) is 1. The Kier molecular flexibility index (Phi) is 4.90. The van der Waals surface area contributed by atoms with Crippen LogP contribution in [-0.2, 0) is 9.47 Å². The normalized spacial score (nSPS) is 22.6. The van der Waals surface area contributed by atoms with Crippen LogP contribution in [0.3, 0.4) is 0 Å². The van der Waals surface area contributed by atoms with Gasteiger partial charge in [-0.1, -0.05) is 0 Å². The molecule has 2 atom stereocenters. The number of hydrogen-bond acceptors (Lipinski definition) is 7. The fraction of sp³-hybridized carbons (Fsp3) is 0.450. The quantitative estimate of drug-likeness (QED) is 0.722. The minimum absolute atomic E-state index is 0.0241. The van der Waals surface area contributed by atoms with Gasteiger partial charge in [0, 0.05) is 37.7 Å². The second-order valence-corrected chi connectivity index (χ2v) is 7.12. The van der Waals surface area contributed by atoms with Crippen LogP contribution in [0.5, 0.6) is 5.88 Å². The molecule has 2 aliphatic heterocycles. The van der Waals surface area contributed by atoms with Crippen LogP contribution in [-0.4, -0.2) is 65.4 Å². The van der Waals surface area contributed by atoms with Crippen LogP contribution in [0.15, 0.2) is 36.8 Å². The van der Waals surface area contributed by atoms with E-state index in [1.807, 2.05) is 35.3 Å². The zero-order valence-corrected chi connectivity index (χ0v) is 15.6. The summed E-state index contributed by atoms with van der Waals surface area (Å²) < 4.78 is 19.2. The molecular weight excluding hydrogens is 358 g/mol. The van der Waals surface area contributed by atoms with Crippen molar-refractivity contribution < 1.29 is 14.2 Å². The number of nitrogens with one attached hydrogen (secondary N) is 1. The second kappa shape index (κ2) is 7.83. The maximum absolute atomic E-state index is 6.06. The summed E-state index contributed by atoms with van der Waals surface area (Å²) >= 11 is 0. The lowest BCUT2D eigenvalue weighted by Crippen LogP contribution is -2.41. The van der Waals surface area contributed by atoms with Gasteiger partial charge in [-0.2, -0.15) is 5.10 Å². The third-order valence-electron chi connectivity index (χ3n) is 5.15. The number of aromatic nitrogens is 4. The molecule has 1 N–H and O–H groups in total. The molecule has 0 radical (unpaired) electrons. The molecule has 2 fully saturated rings. The van der Waals surface area contributed by atoms with Gasteiger partial charge in [-0.05, 0) is 24.6 Å². The zero-order valence-electron chi connectivity index (χ0n) is 15.6. The lowest BCUT2D eigenvalue weighted by atomic mass is 10.1. The molecule has 0 spiro atoms. The highest BCUT2D eigenvalue weighted by atomic mass is 16.5. The molecule has 0 unspecified atom stereocenters. The fourth-order valence-corrected chi connectivity index (χ4v) is 3.60. The van der Waals surface area contributed by atoms with E-state index in [-0.39, 0.29) is 6.10 Å². The van der Waals surface area contributed by atoms with Crippen LogP contribution in [0, 0.1) is 0 Å². The predicted molar refractivity (Wildman–Crippen MR) is 103 cm³/mol. The Labute approximate surface area is 162 Å². The first-order valence-corrected chi connectivity index (χ1v) is 9.70. The Balaban J connectivity index is 1.44. The first-order chi connectivity index (χ1) is 13.9. The Morgan fingerprint density at radius 3 is 3.18 bits per heavy atom. The molecule has 5 rings (SSSR count). The van der Waals surface area contributed by atoms with E-state index < -0.39 is 0 Å².